The Morgan fingerprint density at radius 2 is 1.84 bits per heavy atom. The van der Waals surface area contributed by atoms with E-state index in [1.807, 2.05) is 18.2 Å². The molecular weight excluding hydrogens is 422 g/mol. The molecule has 9 heteroatoms. The van der Waals surface area contributed by atoms with E-state index in [1.165, 1.54) is 0 Å². The van der Waals surface area contributed by atoms with Crippen LogP contribution in [0.5, 0.6) is 17.2 Å². The van der Waals surface area contributed by atoms with Crippen molar-refractivity contribution in [2.75, 3.05) is 26.4 Å². The Kier molecular flexibility index (Phi) is 7.55. The molecule has 2 aromatic rings. The minimum Gasteiger partial charge on any atom is -0.492 e. The summed E-state index contributed by atoms with van der Waals surface area (Å²) in [6.45, 7) is 1.98. The van der Waals surface area contributed by atoms with E-state index in [4.69, 9.17) is 19.3 Å². The summed E-state index contributed by atoms with van der Waals surface area (Å²) in [5, 5.41) is 8.42. The maximum absolute atomic E-state index is 12.7. The predicted octanol–water partition coefficient (Wildman–Crippen LogP) is 3.66. The fourth-order valence-corrected chi connectivity index (χ4v) is 3.62. The van der Waals surface area contributed by atoms with Gasteiger partial charge in [-0.25, -0.2) is 4.79 Å². The maximum Gasteiger partial charge on any atom is 0.341 e. The van der Waals surface area contributed by atoms with Gasteiger partial charge >= 0.3 is 5.97 Å². The van der Waals surface area contributed by atoms with Crippen molar-refractivity contribution in [1.29, 1.82) is 0 Å². The Balaban J connectivity index is 1.68. The molecular formula is C22H21NO7S. The highest BCUT2D eigenvalue weighted by molar-refractivity contribution is 8.18. The molecule has 8 nitrogen and oxygen atoms in total. The quantitative estimate of drug-likeness (QED) is 0.555. The molecule has 2 amide bonds. The Labute approximate surface area is 183 Å². The maximum atomic E-state index is 12.7. The van der Waals surface area contributed by atoms with Crippen LogP contribution >= 0.6 is 11.8 Å². The number of rotatable bonds is 10. The molecule has 0 radical (unpaired) electrons. The zero-order chi connectivity index (χ0) is 22.2. The molecule has 1 saturated heterocycles. The smallest absolute Gasteiger partial charge is 0.341 e. The molecule has 0 saturated carbocycles. The van der Waals surface area contributed by atoms with Crippen molar-refractivity contribution >= 4 is 35.0 Å². The first kappa shape index (κ1) is 22.2. The molecule has 1 N–H and O–H groups in total. The number of nitrogens with zero attached hydrogens (tertiary/aromatic N) is 1. The molecule has 3 rings (SSSR count). The topological polar surface area (TPSA) is 102 Å². The van der Waals surface area contributed by atoms with E-state index in [0.717, 1.165) is 16.7 Å². The van der Waals surface area contributed by atoms with Gasteiger partial charge in [0.25, 0.3) is 11.1 Å². The van der Waals surface area contributed by atoms with Gasteiger partial charge in [-0.3, -0.25) is 14.5 Å². The number of para-hydroxylation sites is 1. The zero-order valence-corrected chi connectivity index (χ0v) is 17.6. The molecule has 31 heavy (non-hydrogen) atoms. The highest BCUT2D eigenvalue weighted by atomic mass is 32.2. The Hall–Kier alpha value is -3.46. The molecule has 0 atom stereocenters. The molecule has 1 aliphatic rings. The number of benzene rings is 2. The van der Waals surface area contributed by atoms with Gasteiger partial charge in [-0.1, -0.05) is 24.3 Å². The predicted molar refractivity (Wildman–Crippen MR) is 115 cm³/mol. The lowest BCUT2D eigenvalue weighted by atomic mass is 10.2. The normalized spacial score (nSPS) is 14.7. The highest BCUT2D eigenvalue weighted by Gasteiger charge is 2.34. The first-order valence-electron chi connectivity index (χ1n) is 9.52. The summed E-state index contributed by atoms with van der Waals surface area (Å²) in [4.78, 5) is 37.1. The van der Waals surface area contributed by atoms with Crippen molar-refractivity contribution in [1.82, 2.24) is 4.90 Å². The third-order valence-electron chi connectivity index (χ3n) is 4.12. The molecule has 162 valence electrons. The summed E-state index contributed by atoms with van der Waals surface area (Å²) >= 11 is 0.854. The molecule has 2 aromatic carbocycles. The van der Waals surface area contributed by atoms with Crippen LogP contribution in [0.2, 0.25) is 0 Å². The van der Waals surface area contributed by atoms with Crippen LogP contribution in [-0.4, -0.2) is 53.5 Å². The molecule has 1 fully saturated rings. The standard InChI is InChI=1S/C22H21NO7S/c1-2-28-18-12-15(8-9-17(18)30-14-20(24)25)13-19-21(26)23(22(27)31-19)10-11-29-16-6-4-3-5-7-16/h3-9,12-13H,2,10-11,14H2,1H3,(H,24,25). The second kappa shape index (κ2) is 10.5. The van der Waals surface area contributed by atoms with E-state index < -0.39 is 18.5 Å². The number of hydrogen-bond acceptors (Lipinski definition) is 7. The van der Waals surface area contributed by atoms with Gasteiger partial charge in [0.2, 0.25) is 0 Å². The van der Waals surface area contributed by atoms with Crippen molar-refractivity contribution in [3.63, 3.8) is 0 Å². The Bertz CT molecular complexity index is 991. The Morgan fingerprint density at radius 1 is 1.06 bits per heavy atom. The number of carboxylic acids is 1. The minimum atomic E-state index is -1.10. The lowest BCUT2D eigenvalue weighted by molar-refractivity contribution is -0.139. The van der Waals surface area contributed by atoms with Gasteiger partial charge in [0.15, 0.2) is 18.1 Å². The van der Waals surface area contributed by atoms with Crippen molar-refractivity contribution < 1.29 is 33.7 Å². The number of hydrogen-bond donors (Lipinski definition) is 1. The largest absolute Gasteiger partial charge is 0.492 e. The molecule has 0 spiro atoms. The SMILES string of the molecule is CCOc1cc(C=C2SC(=O)N(CCOc3ccccc3)C2=O)ccc1OCC(=O)O. The van der Waals surface area contributed by atoms with E-state index in [1.54, 1.807) is 43.3 Å². The first-order chi connectivity index (χ1) is 15.0. The number of ether oxygens (including phenoxy) is 3. The zero-order valence-electron chi connectivity index (χ0n) is 16.8. The molecule has 1 heterocycles. The number of aliphatic carboxylic acids is 1. The third kappa shape index (κ3) is 6.02. The lowest BCUT2D eigenvalue weighted by Gasteiger charge is -2.13. The fourth-order valence-electron chi connectivity index (χ4n) is 2.76. The van der Waals surface area contributed by atoms with Crippen LogP contribution in [0.15, 0.2) is 53.4 Å². The second-order valence-electron chi connectivity index (χ2n) is 6.32. The van der Waals surface area contributed by atoms with E-state index >= 15 is 0 Å². The van der Waals surface area contributed by atoms with Gasteiger partial charge in [0.05, 0.1) is 18.1 Å². The van der Waals surface area contributed by atoms with Gasteiger partial charge < -0.3 is 19.3 Å². The number of carbonyl (C=O) groups is 3. The highest BCUT2D eigenvalue weighted by Crippen LogP contribution is 2.34. The summed E-state index contributed by atoms with van der Waals surface area (Å²) in [6, 6.07) is 14.0. The number of thioether (sulfide) groups is 1. The van der Waals surface area contributed by atoms with E-state index in [9.17, 15) is 14.4 Å². The molecule has 0 bridgehead atoms. The number of carboxylic acid groups (broad SMARTS) is 1. The van der Waals surface area contributed by atoms with Crippen LogP contribution in [0.3, 0.4) is 0 Å². The van der Waals surface area contributed by atoms with Crippen LogP contribution in [-0.2, 0) is 9.59 Å². The monoisotopic (exact) mass is 443 g/mol. The van der Waals surface area contributed by atoms with Crippen molar-refractivity contribution in [3.05, 3.63) is 59.0 Å². The minimum absolute atomic E-state index is 0.142. The first-order valence-corrected chi connectivity index (χ1v) is 10.3. The lowest BCUT2D eigenvalue weighted by Crippen LogP contribution is -2.32. The average Bonchev–Trinajstić information content (AvgIpc) is 3.01. The van der Waals surface area contributed by atoms with Gasteiger partial charge in [-0.05, 0) is 54.6 Å². The van der Waals surface area contributed by atoms with Crippen LogP contribution in [0, 0.1) is 0 Å². The van der Waals surface area contributed by atoms with E-state index in [-0.39, 0.29) is 29.0 Å². The van der Waals surface area contributed by atoms with E-state index in [0.29, 0.717) is 23.7 Å². The number of imide groups is 1. The molecule has 1 aliphatic heterocycles. The van der Waals surface area contributed by atoms with Gasteiger partial charge in [0.1, 0.15) is 12.4 Å². The van der Waals surface area contributed by atoms with Crippen molar-refractivity contribution in [2.24, 2.45) is 0 Å². The van der Waals surface area contributed by atoms with Crippen LogP contribution in [0.4, 0.5) is 4.79 Å². The summed E-state index contributed by atoms with van der Waals surface area (Å²) in [5.41, 5.74) is 0.622. The molecule has 0 unspecified atom stereocenters. The van der Waals surface area contributed by atoms with E-state index in [2.05, 4.69) is 0 Å². The molecule has 0 aromatic heterocycles. The van der Waals surface area contributed by atoms with Crippen LogP contribution < -0.4 is 14.2 Å². The van der Waals surface area contributed by atoms with Gasteiger partial charge in [-0.2, -0.15) is 0 Å². The summed E-state index contributed by atoms with van der Waals surface area (Å²) in [6.07, 6.45) is 1.59. The number of carbonyl (C=O) groups excluding carboxylic acids is 2. The summed E-state index contributed by atoms with van der Waals surface area (Å²) in [5.74, 6) is -0.188. The average molecular weight is 443 g/mol. The van der Waals surface area contributed by atoms with Gasteiger partial charge in [0, 0.05) is 0 Å². The van der Waals surface area contributed by atoms with Crippen molar-refractivity contribution in [3.8, 4) is 17.2 Å². The van der Waals surface area contributed by atoms with Crippen molar-refractivity contribution in [2.45, 2.75) is 6.92 Å². The third-order valence-corrected chi connectivity index (χ3v) is 5.02. The van der Waals surface area contributed by atoms with Crippen LogP contribution in [0.25, 0.3) is 6.08 Å². The second-order valence-corrected chi connectivity index (χ2v) is 7.31. The fraction of sp³-hybridized carbons (Fsp3) is 0.227. The van der Waals surface area contributed by atoms with Gasteiger partial charge in [-0.15, -0.1) is 0 Å². The molecule has 0 aliphatic carbocycles. The summed E-state index contributed by atoms with van der Waals surface area (Å²) in [7, 11) is 0. The summed E-state index contributed by atoms with van der Waals surface area (Å²) < 4.78 is 16.3. The van der Waals surface area contributed by atoms with Crippen LogP contribution in [0.1, 0.15) is 12.5 Å². The Morgan fingerprint density at radius 3 is 2.55 bits per heavy atom. The number of amides is 2.